The summed E-state index contributed by atoms with van der Waals surface area (Å²) >= 11 is 0. The van der Waals surface area contributed by atoms with Gasteiger partial charge in [0.15, 0.2) is 0 Å². The van der Waals surface area contributed by atoms with E-state index in [4.69, 9.17) is 0 Å². The van der Waals surface area contributed by atoms with E-state index in [0.29, 0.717) is 25.9 Å². The number of hydrogen-bond donors (Lipinski definition) is 1. The molecule has 1 fully saturated rings. The zero-order valence-electron chi connectivity index (χ0n) is 10.8. The van der Waals surface area contributed by atoms with Crippen LogP contribution in [0.5, 0.6) is 0 Å². The first-order valence-corrected chi connectivity index (χ1v) is 6.42. The Morgan fingerprint density at radius 2 is 2.10 bits per heavy atom. The number of carbonyl (C=O) groups excluding carboxylic acids is 1. The number of rotatable bonds is 4. The lowest BCUT2D eigenvalue weighted by molar-refractivity contribution is -0.135. The van der Waals surface area contributed by atoms with Gasteiger partial charge in [0.1, 0.15) is 6.04 Å². The van der Waals surface area contributed by atoms with Crippen LogP contribution < -0.4 is 0 Å². The molecule has 1 aromatic heterocycles. The van der Waals surface area contributed by atoms with E-state index in [-0.39, 0.29) is 0 Å². The van der Waals surface area contributed by atoms with Crippen molar-refractivity contribution in [2.24, 2.45) is 0 Å². The fraction of sp³-hybridized carbons (Fsp3) is 0.667. The van der Waals surface area contributed by atoms with Crippen LogP contribution in [0.4, 0.5) is 13.2 Å². The lowest BCUT2D eigenvalue weighted by atomic mass is 10.1. The van der Waals surface area contributed by atoms with E-state index in [9.17, 15) is 23.1 Å². The minimum atomic E-state index is -2.81. The Bertz CT molecular complexity index is 459. The predicted octanol–water partition coefficient (Wildman–Crippen LogP) is 1.20. The number of nitrogens with zero attached hydrogens (tertiary/aromatic N) is 3. The summed E-state index contributed by atoms with van der Waals surface area (Å²) in [6.07, 6.45) is -1.70. The largest absolute Gasteiger partial charge is 0.393 e. The molecule has 1 aliphatic heterocycles. The standard InChI is InChI=1S/C12H16F3N3O2/c13-10-3-6-18(16-10)9(12(14)15)7-11(20)17-4-1-8(19)2-5-17/h3,6,8-9,12,19H,1-2,4-5,7H2. The van der Waals surface area contributed by atoms with E-state index in [1.165, 1.54) is 4.90 Å². The molecule has 20 heavy (non-hydrogen) atoms. The first-order valence-electron chi connectivity index (χ1n) is 6.42. The van der Waals surface area contributed by atoms with Gasteiger partial charge in [-0.1, -0.05) is 0 Å². The van der Waals surface area contributed by atoms with Crippen molar-refractivity contribution < 1.29 is 23.1 Å². The van der Waals surface area contributed by atoms with Gasteiger partial charge in [-0.25, -0.2) is 8.78 Å². The summed E-state index contributed by atoms with van der Waals surface area (Å²) in [5.41, 5.74) is 0. The van der Waals surface area contributed by atoms with E-state index in [1.54, 1.807) is 0 Å². The molecular weight excluding hydrogens is 275 g/mol. The van der Waals surface area contributed by atoms with E-state index in [1.807, 2.05) is 0 Å². The molecule has 1 aliphatic rings. The molecule has 1 atom stereocenters. The minimum Gasteiger partial charge on any atom is -0.393 e. The Balaban J connectivity index is 1.99. The van der Waals surface area contributed by atoms with Crippen LogP contribution in [0, 0.1) is 5.95 Å². The van der Waals surface area contributed by atoms with Crippen molar-refractivity contribution in [1.82, 2.24) is 14.7 Å². The molecule has 1 saturated heterocycles. The van der Waals surface area contributed by atoms with Crippen molar-refractivity contribution in [3.8, 4) is 0 Å². The van der Waals surface area contributed by atoms with Crippen LogP contribution in [0.1, 0.15) is 25.3 Å². The molecule has 0 saturated carbocycles. The second kappa shape index (κ2) is 6.25. The van der Waals surface area contributed by atoms with E-state index in [0.717, 1.165) is 16.9 Å². The Hall–Kier alpha value is -1.57. The van der Waals surface area contributed by atoms with Gasteiger partial charge in [0.25, 0.3) is 6.43 Å². The van der Waals surface area contributed by atoms with Crippen molar-refractivity contribution >= 4 is 5.91 Å². The number of likely N-dealkylation sites (tertiary alicyclic amines) is 1. The molecule has 1 amide bonds. The highest BCUT2D eigenvalue weighted by molar-refractivity contribution is 5.76. The quantitative estimate of drug-likeness (QED) is 0.907. The Morgan fingerprint density at radius 1 is 1.45 bits per heavy atom. The Kier molecular flexibility index (Phi) is 4.64. The zero-order valence-corrected chi connectivity index (χ0v) is 10.8. The molecule has 0 aliphatic carbocycles. The van der Waals surface area contributed by atoms with E-state index in [2.05, 4.69) is 5.10 Å². The summed E-state index contributed by atoms with van der Waals surface area (Å²) < 4.78 is 39.6. The van der Waals surface area contributed by atoms with Crippen LogP contribution in [-0.2, 0) is 4.79 Å². The second-order valence-corrected chi connectivity index (χ2v) is 4.84. The van der Waals surface area contributed by atoms with Gasteiger partial charge in [0, 0.05) is 25.4 Å². The average Bonchev–Trinajstić information content (AvgIpc) is 2.82. The summed E-state index contributed by atoms with van der Waals surface area (Å²) in [7, 11) is 0. The molecule has 1 unspecified atom stereocenters. The maximum absolute atomic E-state index is 13.0. The predicted molar refractivity (Wildman–Crippen MR) is 63.7 cm³/mol. The highest BCUT2D eigenvalue weighted by Gasteiger charge is 2.30. The Labute approximate surface area is 114 Å². The third kappa shape index (κ3) is 3.50. The molecule has 1 N–H and O–H groups in total. The molecule has 112 valence electrons. The molecule has 0 radical (unpaired) electrons. The van der Waals surface area contributed by atoms with Crippen LogP contribution in [-0.4, -0.2) is 51.3 Å². The number of hydrogen-bond acceptors (Lipinski definition) is 3. The molecule has 0 bridgehead atoms. The third-order valence-electron chi connectivity index (χ3n) is 3.41. The van der Waals surface area contributed by atoms with Gasteiger partial charge in [-0.05, 0) is 12.8 Å². The van der Waals surface area contributed by atoms with Gasteiger partial charge >= 0.3 is 0 Å². The molecule has 1 aromatic rings. The van der Waals surface area contributed by atoms with Crippen LogP contribution in [0.3, 0.4) is 0 Å². The van der Waals surface area contributed by atoms with Crippen molar-refractivity contribution in [3.05, 3.63) is 18.2 Å². The molecule has 0 aromatic carbocycles. The number of carbonyl (C=O) groups is 1. The van der Waals surface area contributed by atoms with Crippen molar-refractivity contribution in [2.75, 3.05) is 13.1 Å². The van der Waals surface area contributed by atoms with Gasteiger partial charge in [-0.2, -0.15) is 4.39 Å². The number of aliphatic hydroxyl groups is 1. The number of aromatic nitrogens is 2. The lowest BCUT2D eigenvalue weighted by Gasteiger charge is -2.30. The third-order valence-corrected chi connectivity index (χ3v) is 3.41. The highest BCUT2D eigenvalue weighted by Crippen LogP contribution is 2.22. The Morgan fingerprint density at radius 3 is 2.60 bits per heavy atom. The van der Waals surface area contributed by atoms with Gasteiger partial charge in [0.2, 0.25) is 11.9 Å². The molecule has 5 nitrogen and oxygen atoms in total. The number of alkyl halides is 2. The first-order chi connectivity index (χ1) is 9.47. The zero-order chi connectivity index (χ0) is 14.7. The second-order valence-electron chi connectivity index (χ2n) is 4.84. The molecular formula is C12H16F3N3O2. The lowest BCUT2D eigenvalue weighted by Crippen LogP contribution is -2.41. The topological polar surface area (TPSA) is 58.4 Å². The van der Waals surface area contributed by atoms with E-state index >= 15 is 0 Å². The summed E-state index contributed by atoms with van der Waals surface area (Å²) in [4.78, 5) is 13.4. The van der Waals surface area contributed by atoms with Crippen LogP contribution >= 0.6 is 0 Å². The smallest absolute Gasteiger partial charge is 0.261 e. The highest BCUT2D eigenvalue weighted by atomic mass is 19.3. The SMILES string of the molecule is O=C(CC(C(F)F)n1ccc(F)n1)N1CCC(O)CC1. The van der Waals surface area contributed by atoms with Crippen molar-refractivity contribution in [2.45, 2.75) is 37.8 Å². The molecule has 2 heterocycles. The number of halogens is 3. The number of piperidine rings is 1. The molecule has 8 heteroatoms. The first kappa shape index (κ1) is 14.8. The molecule has 0 spiro atoms. The fourth-order valence-electron chi connectivity index (χ4n) is 2.22. The maximum atomic E-state index is 13.0. The fourth-order valence-corrected chi connectivity index (χ4v) is 2.22. The van der Waals surface area contributed by atoms with Gasteiger partial charge in [0.05, 0.1) is 12.5 Å². The summed E-state index contributed by atoms with van der Waals surface area (Å²) in [6, 6.07) is -0.504. The van der Waals surface area contributed by atoms with Gasteiger partial charge in [-0.15, -0.1) is 5.10 Å². The number of aliphatic hydroxyl groups excluding tert-OH is 1. The van der Waals surface area contributed by atoms with Crippen molar-refractivity contribution in [1.29, 1.82) is 0 Å². The summed E-state index contributed by atoms with van der Waals surface area (Å²) in [5, 5.41) is 12.6. The summed E-state index contributed by atoms with van der Waals surface area (Å²) in [6.45, 7) is 0.701. The minimum absolute atomic E-state index is 0.351. The molecule has 2 rings (SSSR count). The normalized spacial score (nSPS) is 18.6. The maximum Gasteiger partial charge on any atom is 0.261 e. The van der Waals surface area contributed by atoms with Crippen LogP contribution in [0.2, 0.25) is 0 Å². The van der Waals surface area contributed by atoms with Crippen molar-refractivity contribution in [3.63, 3.8) is 0 Å². The summed E-state index contributed by atoms with van der Waals surface area (Å²) in [5.74, 6) is -1.29. The van der Waals surface area contributed by atoms with Crippen LogP contribution in [0.25, 0.3) is 0 Å². The monoisotopic (exact) mass is 291 g/mol. The van der Waals surface area contributed by atoms with Gasteiger partial charge in [-0.3, -0.25) is 9.48 Å². The van der Waals surface area contributed by atoms with E-state index < -0.39 is 36.8 Å². The number of amides is 1. The average molecular weight is 291 g/mol. The van der Waals surface area contributed by atoms with Crippen LogP contribution in [0.15, 0.2) is 12.3 Å². The van der Waals surface area contributed by atoms with Gasteiger partial charge < -0.3 is 10.0 Å².